The predicted octanol–water partition coefficient (Wildman–Crippen LogP) is 5.65. The topological polar surface area (TPSA) is 87.3 Å². The molecule has 0 spiro atoms. The van der Waals surface area contributed by atoms with Crippen molar-refractivity contribution in [3.8, 4) is 11.5 Å². The first kappa shape index (κ1) is 23.4. The number of ether oxygens (including phenoxy) is 2. The van der Waals surface area contributed by atoms with E-state index in [0.717, 1.165) is 34.8 Å². The van der Waals surface area contributed by atoms with Gasteiger partial charge in [-0.05, 0) is 73.0 Å². The number of hydrogen-bond acceptors (Lipinski definition) is 6. The molecule has 0 saturated heterocycles. The van der Waals surface area contributed by atoms with Gasteiger partial charge in [0.25, 0.3) is 5.91 Å². The third-order valence-electron chi connectivity index (χ3n) is 6.20. The molecule has 1 aliphatic carbocycles. The van der Waals surface area contributed by atoms with E-state index in [1.54, 1.807) is 6.08 Å². The first-order valence-corrected chi connectivity index (χ1v) is 12.8. The molecule has 1 fully saturated rings. The van der Waals surface area contributed by atoms with Gasteiger partial charge in [0.2, 0.25) is 5.17 Å². The van der Waals surface area contributed by atoms with Crippen LogP contribution in [0.5, 0.6) is 11.5 Å². The lowest BCUT2D eigenvalue weighted by Crippen LogP contribution is -2.35. The van der Waals surface area contributed by atoms with Crippen LogP contribution in [0.4, 0.5) is 0 Å². The normalized spacial score (nSPS) is 19.5. The quantitative estimate of drug-likeness (QED) is 0.402. The number of carbonyl (C=O) groups excluding carboxylic acids is 1. The average molecular weight is 489 g/mol. The summed E-state index contributed by atoms with van der Waals surface area (Å²) in [5.41, 5.74) is 2.13. The van der Waals surface area contributed by atoms with Gasteiger partial charge >= 0.3 is 0 Å². The number of aryl methyl sites for hydroxylation is 1. The first-order valence-electron chi connectivity index (χ1n) is 12.0. The summed E-state index contributed by atoms with van der Waals surface area (Å²) in [6.45, 7) is 2.83. The first-order chi connectivity index (χ1) is 17.1. The number of nitrogens with zero attached hydrogens (tertiary/aromatic N) is 3. The van der Waals surface area contributed by atoms with Crippen LogP contribution in [0.25, 0.3) is 6.08 Å². The third kappa shape index (κ3) is 5.48. The van der Waals surface area contributed by atoms with Gasteiger partial charge in [-0.25, -0.2) is 0 Å². The number of thioether (sulfide) groups is 1. The number of carbonyl (C=O) groups is 1. The molecular weight excluding hydrogens is 460 g/mol. The predicted molar refractivity (Wildman–Crippen MR) is 140 cm³/mol. The van der Waals surface area contributed by atoms with Crippen molar-refractivity contribution in [3.63, 3.8) is 0 Å². The molecule has 0 radical (unpaired) electrons. The minimum atomic E-state index is -0.410. The standard InChI is InChI=1S/C27H28N4O3S/c1-18-7-5-11-21(15-18)33-13-14-34-22-12-6-8-19(16-22)17-23-24(28)31-27(29-25(23)32)35-26(30-31)20-9-3-2-4-10-20/h5-8,11-12,15-17,20,28H,2-4,9-10,13-14H2,1H3/b23-17-,28-24?. The minimum Gasteiger partial charge on any atom is -0.490 e. The van der Waals surface area contributed by atoms with Gasteiger partial charge < -0.3 is 9.47 Å². The second-order valence-corrected chi connectivity index (χ2v) is 9.87. The fraction of sp³-hybridized carbons (Fsp3) is 0.333. The van der Waals surface area contributed by atoms with Crippen molar-refractivity contribution in [3.05, 3.63) is 65.2 Å². The van der Waals surface area contributed by atoms with Gasteiger partial charge in [0, 0.05) is 5.92 Å². The molecule has 2 aromatic carbocycles. The van der Waals surface area contributed by atoms with Crippen LogP contribution in [0.2, 0.25) is 0 Å². The van der Waals surface area contributed by atoms with Crippen LogP contribution in [0.15, 0.2) is 64.2 Å². The zero-order valence-corrected chi connectivity index (χ0v) is 20.5. The third-order valence-corrected chi connectivity index (χ3v) is 7.27. The lowest BCUT2D eigenvalue weighted by atomic mass is 9.90. The number of nitrogens with one attached hydrogen (secondary N) is 1. The van der Waals surface area contributed by atoms with E-state index >= 15 is 0 Å². The number of amides is 1. The highest BCUT2D eigenvalue weighted by Gasteiger charge is 2.37. The maximum Gasteiger partial charge on any atom is 0.283 e. The van der Waals surface area contributed by atoms with E-state index in [9.17, 15) is 4.79 Å². The van der Waals surface area contributed by atoms with Gasteiger partial charge in [-0.15, -0.1) is 0 Å². The Bertz CT molecular complexity index is 1230. The van der Waals surface area contributed by atoms with Crippen LogP contribution in [-0.2, 0) is 4.79 Å². The smallest absolute Gasteiger partial charge is 0.283 e. The molecule has 3 aliphatic rings. The lowest BCUT2D eigenvalue weighted by molar-refractivity contribution is -0.114. The number of amidine groups is 2. The van der Waals surface area contributed by atoms with Crippen LogP contribution in [-0.4, -0.2) is 40.2 Å². The van der Waals surface area contributed by atoms with Crippen molar-refractivity contribution in [1.29, 1.82) is 5.41 Å². The number of hydrazone groups is 1. The Morgan fingerprint density at radius 1 is 1.06 bits per heavy atom. The molecule has 35 heavy (non-hydrogen) atoms. The maximum atomic E-state index is 12.8. The van der Waals surface area contributed by atoms with Crippen LogP contribution in [0, 0.1) is 18.3 Å². The summed E-state index contributed by atoms with van der Waals surface area (Å²) in [5, 5.41) is 16.3. The van der Waals surface area contributed by atoms with Crippen molar-refractivity contribution in [2.75, 3.05) is 13.2 Å². The molecule has 1 amide bonds. The molecule has 0 aromatic heterocycles. The van der Waals surface area contributed by atoms with Crippen molar-refractivity contribution in [2.24, 2.45) is 16.0 Å². The van der Waals surface area contributed by atoms with Crippen molar-refractivity contribution in [2.45, 2.75) is 39.0 Å². The van der Waals surface area contributed by atoms with Gasteiger partial charge in [-0.1, -0.05) is 43.5 Å². The molecule has 1 saturated carbocycles. The summed E-state index contributed by atoms with van der Waals surface area (Å²) in [6, 6.07) is 15.3. The van der Waals surface area contributed by atoms with E-state index in [4.69, 9.17) is 14.9 Å². The highest BCUT2D eigenvalue weighted by molar-refractivity contribution is 8.27. The number of rotatable bonds is 7. The minimum absolute atomic E-state index is 0.0659. The second kappa shape index (κ2) is 10.5. The summed E-state index contributed by atoms with van der Waals surface area (Å²) < 4.78 is 11.6. The van der Waals surface area contributed by atoms with E-state index in [-0.39, 0.29) is 11.4 Å². The molecular formula is C27H28N4O3S. The number of hydrogen-bond donors (Lipinski definition) is 1. The lowest BCUT2D eigenvalue weighted by Gasteiger charge is -2.20. The zero-order chi connectivity index (χ0) is 24.2. The van der Waals surface area contributed by atoms with E-state index in [2.05, 4.69) is 10.1 Å². The highest BCUT2D eigenvalue weighted by Crippen LogP contribution is 2.36. The Morgan fingerprint density at radius 2 is 1.77 bits per heavy atom. The molecule has 2 aliphatic heterocycles. The maximum absolute atomic E-state index is 12.8. The average Bonchev–Trinajstić information content (AvgIpc) is 3.30. The number of fused-ring (bicyclic) bond motifs is 1. The van der Waals surface area contributed by atoms with E-state index in [1.165, 1.54) is 36.0 Å². The summed E-state index contributed by atoms with van der Waals surface area (Å²) in [5.74, 6) is 1.54. The molecule has 8 heteroatoms. The van der Waals surface area contributed by atoms with Gasteiger partial charge in [0.05, 0.1) is 5.57 Å². The Morgan fingerprint density at radius 3 is 2.51 bits per heavy atom. The largest absolute Gasteiger partial charge is 0.490 e. The van der Waals surface area contributed by atoms with Crippen LogP contribution < -0.4 is 9.47 Å². The van der Waals surface area contributed by atoms with Crippen LogP contribution in [0.1, 0.15) is 43.2 Å². The van der Waals surface area contributed by atoms with E-state index in [0.29, 0.717) is 30.0 Å². The van der Waals surface area contributed by atoms with Crippen LogP contribution >= 0.6 is 11.8 Å². The molecule has 0 unspecified atom stereocenters. The Labute approximate surface area is 209 Å². The fourth-order valence-electron chi connectivity index (χ4n) is 4.41. The van der Waals surface area contributed by atoms with Crippen molar-refractivity contribution >= 4 is 39.8 Å². The molecule has 1 N–H and O–H groups in total. The SMILES string of the molecule is Cc1cccc(OCCOc2cccc(/C=C3/C(=N)N4N=C(C5CCCCC5)SC4=NC3=O)c2)c1. The molecule has 180 valence electrons. The molecule has 2 aromatic rings. The molecule has 0 bridgehead atoms. The molecule has 7 nitrogen and oxygen atoms in total. The number of benzene rings is 2. The second-order valence-electron chi connectivity index (χ2n) is 8.88. The van der Waals surface area contributed by atoms with Crippen LogP contribution in [0.3, 0.4) is 0 Å². The Balaban J connectivity index is 1.24. The highest BCUT2D eigenvalue weighted by atomic mass is 32.2. The van der Waals surface area contributed by atoms with Gasteiger partial charge in [-0.2, -0.15) is 15.1 Å². The van der Waals surface area contributed by atoms with Crippen molar-refractivity contribution < 1.29 is 14.3 Å². The fourth-order valence-corrected chi connectivity index (χ4v) is 5.47. The summed E-state index contributed by atoms with van der Waals surface area (Å²) in [6.07, 6.45) is 7.57. The summed E-state index contributed by atoms with van der Waals surface area (Å²) >= 11 is 1.43. The summed E-state index contributed by atoms with van der Waals surface area (Å²) in [7, 11) is 0. The monoisotopic (exact) mass is 488 g/mol. The number of aliphatic imine (C=N–C) groups is 1. The van der Waals surface area contributed by atoms with Gasteiger partial charge in [0.15, 0.2) is 5.84 Å². The van der Waals surface area contributed by atoms with Gasteiger partial charge in [-0.3, -0.25) is 10.2 Å². The molecule has 2 heterocycles. The molecule has 0 atom stereocenters. The zero-order valence-electron chi connectivity index (χ0n) is 19.7. The van der Waals surface area contributed by atoms with Crippen molar-refractivity contribution in [1.82, 2.24) is 5.01 Å². The Hall–Kier alpha value is -3.39. The van der Waals surface area contributed by atoms with E-state index < -0.39 is 5.91 Å². The molecule has 5 rings (SSSR count). The summed E-state index contributed by atoms with van der Waals surface area (Å²) in [4.78, 5) is 17.0. The van der Waals surface area contributed by atoms with E-state index in [1.807, 2.05) is 55.5 Å². The van der Waals surface area contributed by atoms with Gasteiger partial charge in [0.1, 0.15) is 29.8 Å². The Kier molecular flexibility index (Phi) is 6.99.